The summed E-state index contributed by atoms with van der Waals surface area (Å²) in [6.45, 7) is 4.80. The molecule has 0 saturated carbocycles. The molecule has 0 bridgehead atoms. The van der Waals surface area contributed by atoms with Crippen molar-refractivity contribution in [2.24, 2.45) is 0 Å². The van der Waals surface area contributed by atoms with E-state index in [1.165, 1.54) is 14.0 Å². The van der Waals surface area contributed by atoms with Gasteiger partial charge < -0.3 is 9.47 Å². The second kappa shape index (κ2) is 7.70. The first kappa shape index (κ1) is 16.2. The average Bonchev–Trinajstić information content (AvgIpc) is 2.42. The van der Waals surface area contributed by atoms with Crippen LogP contribution in [0, 0.1) is 15.4 Å². The van der Waals surface area contributed by atoms with E-state index in [2.05, 4.69) is 45.7 Å². The number of carbonyl (C=O) groups excluding carboxylic acids is 2. The fourth-order valence-corrected chi connectivity index (χ4v) is 1.82. The first-order chi connectivity index (χ1) is 9.45. The fraction of sp³-hybridized carbons (Fsp3) is 0.200. The minimum atomic E-state index is -1.02. The quantitative estimate of drug-likeness (QED) is 0.348. The SMILES string of the molecule is C=C(C(=O)OC)C(C#Cc1ccccc1I)OC(C)=O. The number of methoxy groups -OCH3 is 1. The number of hydrogen-bond acceptors (Lipinski definition) is 4. The third-order valence-corrected chi connectivity index (χ3v) is 3.20. The van der Waals surface area contributed by atoms with E-state index < -0.39 is 18.0 Å². The average molecular weight is 384 g/mol. The van der Waals surface area contributed by atoms with Gasteiger partial charge in [-0.25, -0.2) is 4.79 Å². The topological polar surface area (TPSA) is 52.6 Å². The van der Waals surface area contributed by atoms with E-state index in [1.807, 2.05) is 24.3 Å². The fourth-order valence-electron chi connectivity index (χ4n) is 1.30. The van der Waals surface area contributed by atoms with Crippen molar-refractivity contribution in [3.05, 3.63) is 45.6 Å². The summed E-state index contributed by atoms with van der Waals surface area (Å²) >= 11 is 2.15. The molecule has 1 unspecified atom stereocenters. The summed E-state index contributed by atoms with van der Waals surface area (Å²) in [5, 5.41) is 0. The van der Waals surface area contributed by atoms with Crippen LogP contribution < -0.4 is 0 Å². The Morgan fingerprint density at radius 2 is 2.00 bits per heavy atom. The van der Waals surface area contributed by atoms with E-state index in [9.17, 15) is 9.59 Å². The van der Waals surface area contributed by atoms with Crippen molar-refractivity contribution < 1.29 is 19.1 Å². The van der Waals surface area contributed by atoms with Gasteiger partial charge >= 0.3 is 11.9 Å². The summed E-state index contributed by atoms with van der Waals surface area (Å²) in [7, 11) is 1.23. The molecule has 20 heavy (non-hydrogen) atoms. The summed E-state index contributed by atoms with van der Waals surface area (Å²) < 4.78 is 10.5. The van der Waals surface area contributed by atoms with Crippen LogP contribution in [-0.2, 0) is 19.1 Å². The third-order valence-electron chi connectivity index (χ3n) is 2.26. The highest BCUT2D eigenvalue weighted by molar-refractivity contribution is 14.1. The minimum absolute atomic E-state index is 0.0128. The molecule has 104 valence electrons. The molecular weight excluding hydrogens is 371 g/mol. The van der Waals surface area contributed by atoms with Crippen LogP contribution in [0.25, 0.3) is 0 Å². The zero-order valence-electron chi connectivity index (χ0n) is 11.1. The molecule has 1 atom stereocenters. The van der Waals surface area contributed by atoms with Crippen LogP contribution in [0.1, 0.15) is 12.5 Å². The molecule has 0 amide bonds. The monoisotopic (exact) mass is 384 g/mol. The maximum absolute atomic E-state index is 11.4. The molecule has 5 heteroatoms. The number of hydrogen-bond donors (Lipinski definition) is 0. The van der Waals surface area contributed by atoms with Gasteiger partial charge in [0.1, 0.15) is 0 Å². The van der Waals surface area contributed by atoms with Gasteiger partial charge in [-0.3, -0.25) is 4.79 Å². The van der Waals surface area contributed by atoms with Crippen LogP contribution in [0.15, 0.2) is 36.4 Å². The van der Waals surface area contributed by atoms with E-state index in [4.69, 9.17) is 4.74 Å². The second-order valence-electron chi connectivity index (χ2n) is 3.76. The second-order valence-corrected chi connectivity index (χ2v) is 4.92. The van der Waals surface area contributed by atoms with Gasteiger partial charge in [0.2, 0.25) is 0 Å². The smallest absolute Gasteiger partial charge is 0.337 e. The summed E-state index contributed by atoms with van der Waals surface area (Å²) in [4.78, 5) is 22.5. The Kier molecular flexibility index (Phi) is 6.25. The largest absolute Gasteiger partial charge is 0.466 e. The van der Waals surface area contributed by atoms with Gasteiger partial charge in [-0.1, -0.05) is 24.6 Å². The maximum Gasteiger partial charge on any atom is 0.337 e. The third kappa shape index (κ3) is 4.70. The van der Waals surface area contributed by atoms with Gasteiger partial charge in [0.15, 0.2) is 6.10 Å². The van der Waals surface area contributed by atoms with Gasteiger partial charge in [0.25, 0.3) is 0 Å². The number of carbonyl (C=O) groups is 2. The van der Waals surface area contributed by atoms with Crippen molar-refractivity contribution >= 4 is 34.5 Å². The summed E-state index contributed by atoms with van der Waals surface area (Å²) in [5.41, 5.74) is 0.768. The van der Waals surface area contributed by atoms with E-state index in [0.29, 0.717) is 0 Å². The molecule has 1 aromatic carbocycles. The summed E-state index contributed by atoms with van der Waals surface area (Å²) in [6.07, 6.45) is -1.02. The Morgan fingerprint density at radius 1 is 1.35 bits per heavy atom. The molecule has 0 aromatic heterocycles. The Bertz CT molecular complexity index is 595. The van der Waals surface area contributed by atoms with E-state index >= 15 is 0 Å². The summed E-state index contributed by atoms with van der Waals surface area (Å²) in [5.74, 6) is 4.40. The molecule has 4 nitrogen and oxygen atoms in total. The Balaban J connectivity index is 3.03. The lowest BCUT2D eigenvalue weighted by molar-refractivity contribution is -0.144. The van der Waals surface area contributed by atoms with Gasteiger partial charge in [-0.15, -0.1) is 0 Å². The molecule has 0 saturated heterocycles. The van der Waals surface area contributed by atoms with Crippen LogP contribution in [0.3, 0.4) is 0 Å². The minimum Gasteiger partial charge on any atom is -0.466 e. The summed E-state index contributed by atoms with van der Waals surface area (Å²) in [6, 6.07) is 7.48. The van der Waals surface area contributed by atoms with Gasteiger partial charge in [-0.2, -0.15) is 0 Å². The number of esters is 2. The zero-order chi connectivity index (χ0) is 15.1. The predicted octanol–water partition coefficient (Wildman–Crippen LogP) is 2.30. The number of benzene rings is 1. The maximum atomic E-state index is 11.4. The van der Waals surface area contributed by atoms with E-state index in [-0.39, 0.29) is 5.57 Å². The zero-order valence-corrected chi connectivity index (χ0v) is 13.3. The standard InChI is InChI=1S/C15H13IO4/c1-10(15(18)19-3)14(20-11(2)17)9-8-12-6-4-5-7-13(12)16/h4-7,14H,1H2,2-3H3. The molecule has 0 radical (unpaired) electrons. The Labute approximate surface area is 131 Å². The van der Waals surface area contributed by atoms with Crippen LogP contribution in [-0.4, -0.2) is 25.2 Å². The molecule has 0 N–H and O–H groups in total. The van der Waals surface area contributed by atoms with Crippen molar-refractivity contribution in [3.63, 3.8) is 0 Å². The van der Waals surface area contributed by atoms with Gasteiger partial charge in [-0.05, 0) is 40.6 Å². The lowest BCUT2D eigenvalue weighted by Crippen LogP contribution is -2.22. The molecule has 0 aliphatic carbocycles. The molecule has 0 spiro atoms. The number of rotatable bonds is 3. The van der Waals surface area contributed by atoms with E-state index in [1.54, 1.807) is 0 Å². The van der Waals surface area contributed by atoms with Crippen LogP contribution in [0.5, 0.6) is 0 Å². The van der Waals surface area contributed by atoms with Crippen LogP contribution in [0.2, 0.25) is 0 Å². The Hall–Kier alpha value is -1.81. The molecule has 0 aliphatic heterocycles. The lowest BCUT2D eigenvalue weighted by Gasteiger charge is -2.11. The highest BCUT2D eigenvalue weighted by Gasteiger charge is 2.20. The predicted molar refractivity (Wildman–Crippen MR) is 82.7 cm³/mol. The molecular formula is C15H13IO4. The van der Waals surface area contributed by atoms with Crippen molar-refractivity contribution in [2.45, 2.75) is 13.0 Å². The molecule has 1 aromatic rings. The number of halogens is 1. The molecule has 0 heterocycles. The van der Waals surface area contributed by atoms with Crippen LogP contribution in [0.4, 0.5) is 0 Å². The van der Waals surface area contributed by atoms with Crippen molar-refractivity contribution in [1.82, 2.24) is 0 Å². The molecule has 0 aliphatic rings. The highest BCUT2D eigenvalue weighted by Crippen LogP contribution is 2.11. The van der Waals surface area contributed by atoms with Gasteiger partial charge in [0.05, 0.1) is 12.7 Å². The van der Waals surface area contributed by atoms with Crippen LogP contribution >= 0.6 is 22.6 Å². The van der Waals surface area contributed by atoms with Crippen molar-refractivity contribution in [1.29, 1.82) is 0 Å². The van der Waals surface area contributed by atoms with Gasteiger partial charge in [0, 0.05) is 16.1 Å². The van der Waals surface area contributed by atoms with E-state index in [0.717, 1.165) is 9.13 Å². The number of ether oxygens (including phenoxy) is 2. The first-order valence-electron chi connectivity index (χ1n) is 5.66. The lowest BCUT2D eigenvalue weighted by atomic mass is 10.1. The highest BCUT2D eigenvalue weighted by atomic mass is 127. The Morgan fingerprint density at radius 3 is 2.55 bits per heavy atom. The first-order valence-corrected chi connectivity index (χ1v) is 6.74. The van der Waals surface area contributed by atoms with Crippen molar-refractivity contribution in [2.75, 3.05) is 7.11 Å². The van der Waals surface area contributed by atoms with Crippen molar-refractivity contribution in [3.8, 4) is 11.8 Å². The molecule has 1 rings (SSSR count). The normalized spacial score (nSPS) is 10.8. The molecule has 0 fully saturated rings.